The van der Waals surface area contributed by atoms with Gasteiger partial charge in [0.1, 0.15) is 6.04 Å². The van der Waals surface area contributed by atoms with Gasteiger partial charge in [-0.05, 0) is 6.42 Å². The molecule has 10 heavy (non-hydrogen) atoms. The van der Waals surface area contributed by atoms with Crippen LogP contribution in [0.15, 0.2) is 0 Å². The Morgan fingerprint density at radius 1 is 1.70 bits per heavy atom. The van der Waals surface area contributed by atoms with Crippen molar-refractivity contribution >= 4 is 10.0 Å². The van der Waals surface area contributed by atoms with Crippen LogP contribution >= 0.6 is 0 Å². The molecule has 0 aliphatic heterocycles. The number of nitriles is 1. The van der Waals surface area contributed by atoms with Crippen LogP contribution in [0.25, 0.3) is 0 Å². The second-order valence-corrected chi connectivity index (χ2v) is 3.76. The highest BCUT2D eigenvalue weighted by Crippen LogP contribution is 1.89. The van der Waals surface area contributed by atoms with E-state index in [9.17, 15) is 8.42 Å². The second-order valence-electron chi connectivity index (χ2n) is 1.98. The van der Waals surface area contributed by atoms with Crippen LogP contribution in [-0.2, 0) is 10.0 Å². The molecular formula is C5H10N2O2S. The van der Waals surface area contributed by atoms with Gasteiger partial charge in [0.2, 0.25) is 10.0 Å². The molecule has 0 bridgehead atoms. The fourth-order valence-corrected chi connectivity index (χ4v) is 1.20. The molecule has 58 valence electrons. The van der Waals surface area contributed by atoms with Crippen LogP contribution in [0.3, 0.4) is 0 Å². The summed E-state index contributed by atoms with van der Waals surface area (Å²) in [6.07, 6.45) is 1.52. The van der Waals surface area contributed by atoms with Crippen molar-refractivity contribution in [2.24, 2.45) is 0 Å². The van der Waals surface area contributed by atoms with Crippen LogP contribution < -0.4 is 4.72 Å². The Morgan fingerprint density at radius 2 is 2.20 bits per heavy atom. The number of sulfonamides is 1. The SMILES string of the molecule is CCC(C#N)NS(C)(=O)=O. The normalized spacial score (nSPS) is 14.1. The Hall–Kier alpha value is -0.600. The van der Waals surface area contributed by atoms with Gasteiger partial charge in [0.15, 0.2) is 0 Å². The molecule has 0 saturated heterocycles. The Balaban J connectivity index is 4.04. The smallest absolute Gasteiger partial charge is 0.209 e. The average Bonchev–Trinajstić information content (AvgIpc) is 1.81. The Morgan fingerprint density at radius 3 is 2.30 bits per heavy atom. The summed E-state index contributed by atoms with van der Waals surface area (Å²) in [4.78, 5) is 0. The van der Waals surface area contributed by atoms with E-state index >= 15 is 0 Å². The van der Waals surface area contributed by atoms with Crippen molar-refractivity contribution in [2.75, 3.05) is 6.26 Å². The molecule has 1 unspecified atom stereocenters. The lowest BCUT2D eigenvalue weighted by atomic mass is 10.3. The van der Waals surface area contributed by atoms with Crippen molar-refractivity contribution in [3.63, 3.8) is 0 Å². The molecular weight excluding hydrogens is 152 g/mol. The largest absolute Gasteiger partial charge is 0.213 e. The van der Waals surface area contributed by atoms with Crippen LogP contribution in [0, 0.1) is 11.3 Å². The van der Waals surface area contributed by atoms with E-state index in [1.165, 1.54) is 0 Å². The molecule has 5 heteroatoms. The molecule has 0 aromatic heterocycles. The summed E-state index contributed by atoms with van der Waals surface area (Å²) in [5.74, 6) is 0. The first-order valence-electron chi connectivity index (χ1n) is 2.86. The number of nitrogens with one attached hydrogen (secondary N) is 1. The molecule has 0 saturated carbocycles. The first-order chi connectivity index (χ1) is 4.49. The molecule has 0 spiro atoms. The predicted octanol–water partition coefficient (Wildman–Crippen LogP) is -0.162. The van der Waals surface area contributed by atoms with Gasteiger partial charge in [-0.1, -0.05) is 6.92 Å². The molecule has 0 aromatic carbocycles. The van der Waals surface area contributed by atoms with Gasteiger partial charge in [0.25, 0.3) is 0 Å². The van der Waals surface area contributed by atoms with Gasteiger partial charge in [-0.25, -0.2) is 8.42 Å². The minimum atomic E-state index is -3.22. The van der Waals surface area contributed by atoms with E-state index in [2.05, 4.69) is 4.72 Å². The summed E-state index contributed by atoms with van der Waals surface area (Å²) < 4.78 is 23.2. The van der Waals surface area contributed by atoms with E-state index in [0.717, 1.165) is 6.26 Å². The third-order valence-electron chi connectivity index (χ3n) is 0.920. The second kappa shape index (κ2) is 3.54. The van der Waals surface area contributed by atoms with E-state index < -0.39 is 16.1 Å². The Bertz CT molecular complexity index is 227. The van der Waals surface area contributed by atoms with Crippen LogP contribution in [0.4, 0.5) is 0 Å². The standard InChI is InChI=1S/C5H10N2O2S/c1-3-5(4-6)7-10(2,8)9/h5,7H,3H2,1-2H3. The monoisotopic (exact) mass is 162 g/mol. The summed E-state index contributed by atoms with van der Waals surface area (Å²) in [6, 6.07) is 1.23. The third-order valence-corrected chi connectivity index (χ3v) is 1.63. The zero-order valence-corrected chi connectivity index (χ0v) is 6.77. The predicted molar refractivity (Wildman–Crippen MR) is 37.7 cm³/mol. The van der Waals surface area contributed by atoms with E-state index in [1.807, 2.05) is 6.07 Å². The van der Waals surface area contributed by atoms with Crippen molar-refractivity contribution in [3.8, 4) is 6.07 Å². The lowest BCUT2D eigenvalue weighted by Crippen LogP contribution is -2.32. The zero-order valence-electron chi connectivity index (χ0n) is 5.96. The van der Waals surface area contributed by atoms with Crippen molar-refractivity contribution in [3.05, 3.63) is 0 Å². The molecule has 0 aliphatic carbocycles. The molecule has 0 heterocycles. The van der Waals surface area contributed by atoms with Gasteiger partial charge < -0.3 is 0 Å². The van der Waals surface area contributed by atoms with Gasteiger partial charge in [0.05, 0.1) is 12.3 Å². The third kappa shape index (κ3) is 4.30. The lowest BCUT2D eigenvalue weighted by Gasteiger charge is -2.04. The molecule has 1 N–H and O–H groups in total. The average molecular weight is 162 g/mol. The van der Waals surface area contributed by atoms with Gasteiger partial charge in [-0.15, -0.1) is 0 Å². The maximum absolute atomic E-state index is 10.5. The topological polar surface area (TPSA) is 70.0 Å². The van der Waals surface area contributed by atoms with Gasteiger partial charge in [0, 0.05) is 0 Å². The maximum atomic E-state index is 10.5. The van der Waals surface area contributed by atoms with Crippen molar-refractivity contribution in [1.29, 1.82) is 5.26 Å². The number of hydrogen-bond acceptors (Lipinski definition) is 3. The highest BCUT2D eigenvalue weighted by molar-refractivity contribution is 7.88. The van der Waals surface area contributed by atoms with Crippen LogP contribution in [-0.4, -0.2) is 20.7 Å². The Labute approximate surface area is 60.9 Å². The maximum Gasteiger partial charge on any atom is 0.209 e. The molecule has 0 amide bonds. The lowest BCUT2D eigenvalue weighted by molar-refractivity contribution is 0.575. The Kier molecular flexibility index (Phi) is 3.33. The fourth-order valence-electron chi connectivity index (χ4n) is 0.459. The number of rotatable bonds is 3. The van der Waals surface area contributed by atoms with Crippen LogP contribution in [0.2, 0.25) is 0 Å². The van der Waals surface area contributed by atoms with Gasteiger partial charge in [-0.2, -0.15) is 9.98 Å². The summed E-state index contributed by atoms with van der Waals surface area (Å²) in [7, 11) is -3.22. The summed E-state index contributed by atoms with van der Waals surface area (Å²) >= 11 is 0. The first-order valence-corrected chi connectivity index (χ1v) is 4.75. The van der Waals surface area contributed by atoms with Gasteiger partial charge in [-0.3, -0.25) is 0 Å². The van der Waals surface area contributed by atoms with Crippen LogP contribution in [0.1, 0.15) is 13.3 Å². The van der Waals surface area contributed by atoms with E-state index in [0.29, 0.717) is 6.42 Å². The van der Waals surface area contributed by atoms with E-state index in [1.54, 1.807) is 6.92 Å². The van der Waals surface area contributed by atoms with Gasteiger partial charge >= 0.3 is 0 Å². The quantitative estimate of drug-likeness (QED) is 0.626. The highest BCUT2D eigenvalue weighted by atomic mass is 32.2. The first kappa shape index (κ1) is 9.40. The minimum absolute atomic E-state index is 0.490. The molecule has 1 atom stereocenters. The molecule has 0 aromatic rings. The summed E-state index contributed by atoms with van der Waals surface area (Å²) in [6.45, 7) is 1.74. The molecule has 0 radical (unpaired) electrons. The summed E-state index contributed by atoms with van der Waals surface area (Å²) in [5.41, 5.74) is 0. The molecule has 0 aliphatic rings. The van der Waals surface area contributed by atoms with E-state index in [4.69, 9.17) is 5.26 Å². The highest BCUT2D eigenvalue weighted by Gasteiger charge is 2.08. The van der Waals surface area contributed by atoms with E-state index in [-0.39, 0.29) is 0 Å². The van der Waals surface area contributed by atoms with Crippen LogP contribution in [0.5, 0.6) is 0 Å². The van der Waals surface area contributed by atoms with Crippen molar-refractivity contribution < 1.29 is 8.42 Å². The zero-order chi connectivity index (χ0) is 8.20. The molecule has 0 fully saturated rings. The molecule has 0 rings (SSSR count). The number of nitrogens with zero attached hydrogens (tertiary/aromatic N) is 1. The molecule has 4 nitrogen and oxygen atoms in total. The summed E-state index contributed by atoms with van der Waals surface area (Å²) in [5, 5.41) is 8.31. The number of hydrogen-bond donors (Lipinski definition) is 1. The van der Waals surface area contributed by atoms with Crippen molar-refractivity contribution in [1.82, 2.24) is 4.72 Å². The van der Waals surface area contributed by atoms with Crippen molar-refractivity contribution in [2.45, 2.75) is 19.4 Å². The fraction of sp³-hybridized carbons (Fsp3) is 0.800. The minimum Gasteiger partial charge on any atom is -0.213 e.